The van der Waals surface area contributed by atoms with Crippen LogP contribution in [0.15, 0.2) is 24.3 Å². The van der Waals surface area contributed by atoms with Crippen molar-refractivity contribution in [1.29, 1.82) is 0 Å². The van der Waals surface area contributed by atoms with Crippen LogP contribution in [0, 0.1) is 0 Å². The SMILES string of the molecule is CCOc1ccc(C2(C)NC(=O)N(CCN)C2=O)cc1. The number of benzene rings is 1. The van der Waals surface area contributed by atoms with E-state index in [-0.39, 0.29) is 19.0 Å². The third-order valence-corrected chi connectivity index (χ3v) is 3.37. The van der Waals surface area contributed by atoms with E-state index in [4.69, 9.17) is 10.5 Å². The van der Waals surface area contributed by atoms with Crippen LogP contribution in [-0.2, 0) is 10.3 Å². The van der Waals surface area contributed by atoms with Crippen LogP contribution >= 0.6 is 0 Å². The van der Waals surface area contributed by atoms with Crippen LogP contribution in [0.2, 0.25) is 0 Å². The van der Waals surface area contributed by atoms with Crippen molar-refractivity contribution in [3.63, 3.8) is 0 Å². The van der Waals surface area contributed by atoms with Gasteiger partial charge in [-0.05, 0) is 31.5 Å². The number of imide groups is 1. The minimum Gasteiger partial charge on any atom is -0.494 e. The lowest BCUT2D eigenvalue weighted by Gasteiger charge is -2.22. The highest BCUT2D eigenvalue weighted by Crippen LogP contribution is 2.29. The van der Waals surface area contributed by atoms with Gasteiger partial charge in [0.05, 0.1) is 6.61 Å². The number of rotatable bonds is 5. The van der Waals surface area contributed by atoms with E-state index in [2.05, 4.69) is 5.32 Å². The zero-order chi connectivity index (χ0) is 14.8. The maximum atomic E-state index is 12.4. The molecule has 1 saturated heterocycles. The largest absolute Gasteiger partial charge is 0.494 e. The Hall–Kier alpha value is -2.08. The monoisotopic (exact) mass is 277 g/mol. The maximum absolute atomic E-state index is 12.4. The van der Waals surface area contributed by atoms with Crippen LogP contribution in [-0.4, -0.2) is 36.5 Å². The van der Waals surface area contributed by atoms with E-state index in [0.29, 0.717) is 6.61 Å². The molecule has 20 heavy (non-hydrogen) atoms. The Morgan fingerprint density at radius 2 is 1.95 bits per heavy atom. The van der Waals surface area contributed by atoms with Crippen molar-refractivity contribution in [3.05, 3.63) is 29.8 Å². The predicted octanol–water partition coefficient (Wildman–Crippen LogP) is 0.811. The topological polar surface area (TPSA) is 84.7 Å². The summed E-state index contributed by atoms with van der Waals surface area (Å²) in [7, 11) is 0. The van der Waals surface area contributed by atoms with Gasteiger partial charge in [0.1, 0.15) is 11.3 Å². The van der Waals surface area contributed by atoms with Crippen LogP contribution < -0.4 is 15.8 Å². The molecule has 0 aromatic heterocycles. The number of urea groups is 1. The number of hydrogen-bond donors (Lipinski definition) is 2. The van der Waals surface area contributed by atoms with Gasteiger partial charge < -0.3 is 15.8 Å². The van der Waals surface area contributed by atoms with E-state index in [1.165, 1.54) is 0 Å². The summed E-state index contributed by atoms with van der Waals surface area (Å²) in [6, 6.07) is 6.74. The molecule has 1 aliphatic rings. The molecule has 6 nitrogen and oxygen atoms in total. The number of nitrogens with zero attached hydrogens (tertiary/aromatic N) is 1. The number of amides is 3. The van der Waals surface area contributed by atoms with Gasteiger partial charge in [-0.2, -0.15) is 0 Å². The molecule has 108 valence electrons. The molecule has 1 atom stereocenters. The highest BCUT2D eigenvalue weighted by molar-refractivity contribution is 6.07. The van der Waals surface area contributed by atoms with Crippen LogP contribution in [0.5, 0.6) is 5.75 Å². The molecule has 0 saturated carbocycles. The summed E-state index contributed by atoms with van der Waals surface area (Å²) in [5.74, 6) is 0.451. The van der Waals surface area contributed by atoms with Crippen LogP contribution in [0.4, 0.5) is 4.79 Å². The van der Waals surface area contributed by atoms with E-state index in [1.807, 2.05) is 6.92 Å². The molecule has 1 heterocycles. The molecule has 3 N–H and O–H groups in total. The number of nitrogens with one attached hydrogen (secondary N) is 1. The van der Waals surface area contributed by atoms with Crippen molar-refractivity contribution in [2.24, 2.45) is 5.73 Å². The zero-order valence-corrected chi connectivity index (χ0v) is 11.7. The maximum Gasteiger partial charge on any atom is 0.325 e. The second kappa shape index (κ2) is 5.50. The molecule has 3 amide bonds. The van der Waals surface area contributed by atoms with Gasteiger partial charge in [0.15, 0.2) is 0 Å². The van der Waals surface area contributed by atoms with E-state index in [9.17, 15) is 9.59 Å². The first kappa shape index (κ1) is 14.3. The van der Waals surface area contributed by atoms with Crippen molar-refractivity contribution >= 4 is 11.9 Å². The summed E-state index contributed by atoms with van der Waals surface area (Å²) < 4.78 is 5.36. The summed E-state index contributed by atoms with van der Waals surface area (Å²) in [6.45, 7) is 4.65. The van der Waals surface area contributed by atoms with Crippen LogP contribution in [0.1, 0.15) is 19.4 Å². The Labute approximate surface area is 117 Å². The lowest BCUT2D eigenvalue weighted by Crippen LogP contribution is -2.41. The summed E-state index contributed by atoms with van der Waals surface area (Å²) in [6.07, 6.45) is 0. The molecule has 1 aliphatic heterocycles. The fraction of sp³-hybridized carbons (Fsp3) is 0.429. The van der Waals surface area contributed by atoms with Crippen molar-refractivity contribution in [2.75, 3.05) is 19.7 Å². The smallest absolute Gasteiger partial charge is 0.325 e. The Morgan fingerprint density at radius 3 is 2.50 bits per heavy atom. The van der Waals surface area contributed by atoms with E-state index < -0.39 is 11.6 Å². The molecule has 1 unspecified atom stereocenters. The van der Waals surface area contributed by atoms with Crippen molar-refractivity contribution in [3.8, 4) is 5.75 Å². The van der Waals surface area contributed by atoms with Gasteiger partial charge in [0, 0.05) is 13.1 Å². The van der Waals surface area contributed by atoms with E-state index >= 15 is 0 Å². The van der Waals surface area contributed by atoms with Crippen molar-refractivity contribution in [2.45, 2.75) is 19.4 Å². The zero-order valence-electron chi connectivity index (χ0n) is 11.7. The Balaban J connectivity index is 2.26. The van der Waals surface area contributed by atoms with Crippen LogP contribution in [0.25, 0.3) is 0 Å². The first-order valence-electron chi connectivity index (χ1n) is 6.60. The lowest BCUT2D eigenvalue weighted by molar-refractivity contribution is -0.131. The summed E-state index contributed by atoms with van der Waals surface area (Å²) in [5, 5.41) is 2.72. The van der Waals surface area contributed by atoms with Crippen molar-refractivity contribution in [1.82, 2.24) is 10.2 Å². The first-order valence-corrected chi connectivity index (χ1v) is 6.60. The van der Waals surface area contributed by atoms with Gasteiger partial charge in [0.2, 0.25) is 0 Å². The third kappa shape index (κ3) is 2.34. The molecular formula is C14H19N3O3. The summed E-state index contributed by atoms with van der Waals surface area (Å²) in [5.41, 5.74) is 5.10. The minimum atomic E-state index is -1.04. The lowest BCUT2D eigenvalue weighted by atomic mass is 9.92. The van der Waals surface area contributed by atoms with Gasteiger partial charge in [-0.1, -0.05) is 12.1 Å². The first-order chi connectivity index (χ1) is 9.52. The Bertz CT molecular complexity index is 515. The average molecular weight is 277 g/mol. The van der Waals surface area contributed by atoms with Crippen LogP contribution in [0.3, 0.4) is 0 Å². The molecule has 1 aromatic rings. The number of ether oxygens (including phenoxy) is 1. The number of carbonyl (C=O) groups excluding carboxylic acids is 2. The summed E-state index contributed by atoms with van der Waals surface area (Å²) >= 11 is 0. The second-order valence-corrected chi connectivity index (χ2v) is 4.76. The quantitative estimate of drug-likeness (QED) is 0.780. The highest BCUT2D eigenvalue weighted by Gasteiger charge is 2.48. The van der Waals surface area contributed by atoms with Gasteiger partial charge in [0.25, 0.3) is 5.91 Å². The van der Waals surface area contributed by atoms with Gasteiger partial charge in [-0.25, -0.2) is 4.79 Å². The Morgan fingerprint density at radius 1 is 1.30 bits per heavy atom. The fourth-order valence-corrected chi connectivity index (χ4v) is 2.28. The van der Waals surface area contributed by atoms with Gasteiger partial charge in [-0.15, -0.1) is 0 Å². The Kier molecular flexibility index (Phi) is 3.94. The normalized spacial score (nSPS) is 22.1. The summed E-state index contributed by atoms with van der Waals surface area (Å²) in [4.78, 5) is 25.4. The standard InChI is InChI=1S/C14H19N3O3/c1-3-20-11-6-4-10(5-7-11)14(2)12(18)17(9-8-15)13(19)16-14/h4-7H,3,8-9,15H2,1-2H3,(H,16,19). The molecule has 2 rings (SSSR count). The number of hydrogen-bond acceptors (Lipinski definition) is 4. The van der Waals surface area contributed by atoms with E-state index in [1.54, 1.807) is 31.2 Å². The third-order valence-electron chi connectivity index (χ3n) is 3.37. The van der Waals surface area contributed by atoms with E-state index in [0.717, 1.165) is 16.2 Å². The molecular weight excluding hydrogens is 258 g/mol. The molecule has 0 spiro atoms. The molecule has 0 bridgehead atoms. The number of nitrogens with two attached hydrogens (primary N) is 1. The molecule has 1 fully saturated rings. The molecule has 6 heteroatoms. The number of carbonyl (C=O) groups is 2. The van der Waals surface area contributed by atoms with Gasteiger partial charge in [-0.3, -0.25) is 9.69 Å². The van der Waals surface area contributed by atoms with Gasteiger partial charge >= 0.3 is 6.03 Å². The molecule has 1 aromatic carbocycles. The van der Waals surface area contributed by atoms with Crippen molar-refractivity contribution < 1.29 is 14.3 Å². The molecule has 0 aliphatic carbocycles. The average Bonchev–Trinajstić information content (AvgIpc) is 2.65. The predicted molar refractivity (Wildman–Crippen MR) is 74.3 cm³/mol. The molecule has 0 radical (unpaired) electrons. The fourth-order valence-electron chi connectivity index (χ4n) is 2.28. The highest BCUT2D eigenvalue weighted by atomic mass is 16.5. The second-order valence-electron chi connectivity index (χ2n) is 4.76. The minimum absolute atomic E-state index is 0.220.